The van der Waals surface area contributed by atoms with Crippen LogP contribution in [0.2, 0.25) is 0 Å². The van der Waals surface area contributed by atoms with Crippen LogP contribution in [0.5, 0.6) is 0 Å². The summed E-state index contributed by atoms with van der Waals surface area (Å²) in [6.07, 6.45) is 5.00. The van der Waals surface area contributed by atoms with E-state index in [9.17, 15) is 9.90 Å². The van der Waals surface area contributed by atoms with Crippen molar-refractivity contribution in [2.75, 3.05) is 6.54 Å². The van der Waals surface area contributed by atoms with Gasteiger partial charge in [0, 0.05) is 32.1 Å². The topological polar surface area (TPSA) is 85.0 Å². The number of hydrogen-bond donors (Lipinski definition) is 2. The summed E-state index contributed by atoms with van der Waals surface area (Å²) in [4.78, 5) is 13.5. The van der Waals surface area contributed by atoms with E-state index in [1.807, 2.05) is 17.5 Å². The third kappa shape index (κ3) is 3.24. The summed E-state index contributed by atoms with van der Waals surface area (Å²) in [6, 6.07) is 3.85. The number of carbonyl (C=O) groups is 1. The number of nitrogens with one attached hydrogen (secondary N) is 1. The minimum Gasteiger partial charge on any atom is -0.383 e. The van der Waals surface area contributed by atoms with Gasteiger partial charge < -0.3 is 10.4 Å². The summed E-state index contributed by atoms with van der Waals surface area (Å²) in [5.41, 5.74) is 0.581. The molecular formula is C16H19N5O2S. The lowest BCUT2D eigenvalue weighted by Gasteiger charge is -2.22. The van der Waals surface area contributed by atoms with E-state index in [1.165, 1.54) is 11.3 Å². The van der Waals surface area contributed by atoms with Crippen LogP contribution in [0, 0.1) is 0 Å². The normalized spacial score (nSPS) is 13.7. The highest BCUT2D eigenvalue weighted by Gasteiger charge is 2.27. The predicted octanol–water partition coefficient (Wildman–Crippen LogP) is 1.52. The number of carbonyl (C=O) groups excluding carboxylic acids is 1. The van der Waals surface area contributed by atoms with Crippen LogP contribution in [0.4, 0.5) is 0 Å². The maximum atomic E-state index is 12.6. The van der Waals surface area contributed by atoms with Gasteiger partial charge in [0.05, 0.1) is 23.2 Å². The Bertz CT molecular complexity index is 848. The summed E-state index contributed by atoms with van der Waals surface area (Å²) >= 11 is 1.53. The van der Waals surface area contributed by atoms with Gasteiger partial charge in [-0.15, -0.1) is 11.3 Å². The van der Waals surface area contributed by atoms with Crippen molar-refractivity contribution in [3.05, 3.63) is 47.2 Å². The van der Waals surface area contributed by atoms with Gasteiger partial charge in [-0.25, -0.2) is 0 Å². The number of nitrogens with zero attached hydrogens (tertiary/aromatic N) is 4. The fraction of sp³-hybridized carbons (Fsp3) is 0.312. The van der Waals surface area contributed by atoms with E-state index in [2.05, 4.69) is 15.5 Å². The van der Waals surface area contributed by atoms with E-state index < -0.39 is 5.60 Å². The van der Waals surface area contributed by atoms with Crippen molar-refractivity contribution in [1.82, 2.24) is 24.9 Å². The van der Waals surface area contributed by atoms with Crippen LogP contribution < -0.4 is 5.32 Å². The first-order valence-corrected chi connectivity index (χ1v) is 8.32. The molecule has 3 aromatic heterocycles. The summed E-state index contributed by atoms with van der Waals surface area (Å²) < 4.78 is 3.23. The molecule has 126 valence electrons. The SMILES string of the molecule is Cn1cc(C(C)(O)CNC(=O)c2cn(C)nc2-c2cccs2)cn1. The maximum Gasteiger partial charge on any atom is 0.255 e. The Morgan fingerprint density at radius 2 is 2.17 bits per heavy atom. The smallest absolute Gasteiger partial charge is 0.255 e. The number of aryl methyl sites for hydroxylation is 2. The average Bonchev–Trinajstić information content (AvgIpc) is 3.24. The molecule has 3 aromatic rings. The van der Waals surface area contributed by atoms with E-state index in [1.54, 1.807) is 49.0 Å². The minimum atomic E-state index is -1.20. The quantitative estimate of drug-likeness (QED) is 0.734. The van der Waals surface area contributed by atoms with E-state index >= 15 is 0 Å². The molecule has 1 amide bonds. The molecule has 7 nitrogen and oxygen atoms in total. The highest BCUT2D eigenvalue weighted by Crippen LogP contribution is 2.26. The molecule has 0 radical (unpaired) electrons. The second-order valence-corrected chi connectivity index (χ2v) is 6.85. The van der Waals surface area contributed by atoms with Gasteiger partial charge in [-0.1, -0.05) is 6.07 Å². The molecule has 0 bridgehead atoms. The molecule has 0 saturated heterocycles. The van der Waals surface area contributed by atoms with Crippen LogP contribution in [0.25, 0.3) is 10.6 Å². The molecule has 8 heteroatoms. The molecule has 0 saturated carbocycles. The molecule has 1 unspecified atom stereocenters. The molecule has 2 N–H and O–H groups in total. The number of aromatic nitrogens is 4. The molecule has 0 aliphatic heterocycles. The Morgan fingerprint density at radius 3 is 2.79 bits per heavy atom. The number of amides is 1. The minimum absolute atomic E-state index is 0.0797. The van der Waals surface area contributed by atoms with Gasteiger partial charge in [0.15, 0.2) is 0 Å². The standard InChI is InChI=1S/C16H19N5O2S/c1-16(23,11-7-18-20(2)8-11)10-17-15(22)12-9-21(3)19-14(12)13-5-4-6-24-13/h4-9,23H,10H2,1-3H3,(H,17,22). The summed E-state index contributed by atoms with van der Waals surface area (Å²) in [5, 5.41) is 23.7. The first-order chi connectivity index (χ1) is 11.4. The van der Waals surface area contributed by atoms with Crippen LogP contribution in [-0.2, 0) is 19.7 Å². The van der Waals surface area contributed by atoms with Crippen LogP contribution in [0.15, 0.2) is 36.1 Å². The summed E-state index contributed by atoms with van der Waals surface area (Å²) in [6.45, 7) is 1.73. The second-order valence-electron chi connectivity index (χ2n) is 5.90. The lowest BCUT2D eigenvalue weighted by atomic mass is 9.99. The molecule has 3 rings (SSSR count). The van der Waals surface area contributed by atoms with Crippen LogP contribution in [-0.4, -0.2) is 37.1 Å². The van der Waals surface area contributed by atoms with Gasteiger partial charge in [0.2, 0.25) is 0 Å². The van der Waals surface area contributed by atoms with Crippen molar-refractivity contribution >= 4 is 17.2 Å². The molecule has 0 fully saturated rings. The van der Waals surface area contributed by atoms with Gasteiger partial charge in [-0.3, -0.25) is 14.2 Å². The number of rotatable bonds is 5. The van der Waals surface area contributed by atoms with Gasteiger partial charge in [-0.05, 0) is 18.4 Å². The van der Waals surface area contributed by atoms with Crippen molar-refractivity contribution in [2.24, 2.45) is 14.1 Å². The zero-order chi connectivity index (χ0) is 17.3. The largest absolute Gasteiger partial charge is 0.383 e. The zero-order valence-corrected chi connectivity index (χ0v) is 14.5. The van der Waals surface area contributed by atoms with Gasteiger partial charge in [0.1, 0.15) is 11.3 Å². The number of thiophene rings is 1. The Kier molecular flexibility index (Phi) is 4.25. The van der Waals surface area contributed by atoms with E-state index in [0.717, 1.165) is 4.88 Å². The fourth-order valence-corrected chi connectivity index (χ4v) is 3.12. The average molecular weight is 345 g/mol. The van der Waals surface area contributed by atoms with E-state index in [0.29, 0.717) is 16.8 Å². The Hall–Kier alpha value is -2.45. The highest BCUT2D eigenvalue weighted by molar-refractivity contribution is 7.13. The van der Waals surface area contributed by atoms with E-state index in [4.69, 9.17) is 0 Å². The summed E-state index contributed by atoms with van der Waals surface area (Å²) in [5.74, 6) is -0.268. The third-order valence-electron chi connectivity index (χ3n) is 3.75. The second kappa shape index (κ2) is 6.21. The number of hydrogen-bond acceptors (Lipinski definition) is 5. The maximum absolute atomic E-state index is 12.6. The van der Waals surface area contributed by atoms with Crippen molar-refractivity contribution < 1.29 is 9.90 Å². The first-order valence-electron chi connectivity index (χ1n) is 7.44. The Balaban J connectivity index is 1.76. The van der Waals surface area contributed by atoms with Gasteiger partial charge >= 0.3 is 0 Å². The monoisotopic (exact) mass is 345 g/mol. The molecule has 0 aromatic carbocycles. The lowest BCUT2D eigenvalue weighted by Crippen LogP contribution is -2.38. The zero-order valence-electron chi connectivity index (χ0n) is 13.7. The molecular weight excluding hydrogens is 326 g/mol. The van der Waals surface area contributed by atoms with Crippen molar-refractivity contribution in [3.63, 3.8) is 0 Å². The molecule has 3 heterocycles. The first kappa shape index (κ1) is 16.4. The van der Waals surface area contributed by atoms with Gasteiger partial charge in [0.25, 0.3) is 5.91 Å². The van der Waals surface area contributed by atoms with Crippen LogP contribution in [0.3, 0.4) is 0 Å². The van der Waals surface area contributed by atoms with E-state index in [-0.39, 0.29) is 12.5 Å². The van der Waals surface area contributed by atoms with Gasteiger partial charge in [-0.2, -0.15) is 10.2 Å². The van der Waals surface area contributed by atoms with Crippen LogP contribution in [0.1, 0.15) is 22.8 Å². The highest BCUT2D eigenvalue weighted by atomic mass is 32.1. The lowest BCUT2D eigenvalue weighted by molar-refractivity contribution is 0.0526. The summed E-state index contributed by atoms with van der Waals surface area (Å²) in [7, 11) is 3.56. The Labute approximate surface area is 143 Å². The number of aliphatic hydroxyl groups is 1. The molecule has 0 aliphatic rings. The predicted molar refractivity (Wildman–Crippen MR) is 91.6 cm³/mol. The molecule has 1 atom stereocenters. The molecule has 0 aliphatic carbocycles. The third-order valence-corrected chi connectivity index (χ3v) is 4.62. The Morgan fingerprint density at radius 1 is 1.38 bits per heavy atom. The van der Waals surface area contributed by atoms with Crippen molar-refractivity contribution in [3.8, 4) is 10.6 Å². The molecule has 0 spiro atoms. The fourth-order valence-electron chi connectivity index (χ4n) is 2.40. The van der Waals surface area contributed by atoms with Crippen LogP contribution >= 0.6 is 11.3 Å². The van der Waals surface area contributed by atoms with Crippen molar-refractivity contribution in [2.45, 2.75) is 12.5 Å². The van der Waals surface area contributed by atoms with Crippen molar-refractivity contribution in [1.29, 1.82) is 0 Å². The molecule has 24 heavy (non-hydrogen) atoms.